The molecule has 1 N–H and O–H groups in total. The van der Waals surface area contributed by atoms with Gasteiger partial charge in [0.15, 0.2) is 11.6 Å². The fourth-order valence-electron chi connectivity index (χ4n) is 3.24. The van der Waals surface area contributed by atoms with Crippen LogP contribution in [0, 0.1) is 5.92 Å². The second-order valence-corrected chi connectivity index (χ2v) is 9.56. The Morgan fingerprint density at radius 2 is 1.74 bits per heavy atom. The summed E-state index contributed by atoms with van der Waals surface area (Å²) in [4.78, 5) is 15.7. The average molecular weight is 429 g/mol. The number of nitrogens with one attached hydrogen (secondary N) is 1. The molecule has 0 saturated carbocycles. The summed E-state index contributed by atoms with van der Waals surface area (Å²) in [5.41, 5.74) is 0.852. The quantitative estimate of drug-likeness (QED) is 0.687. The van der Waals surface area contributed by atoms with Crippen LogP contribution in [-0.4, -0.2) is 45.5 Å². The van der Waals surface area contributed by atoms with Crippen LogP contribution in [0.5, 0.6) is 0 Å². The SMILES string of the molecule is CC(C)CN1CCC(Nc2nc(-c3ccccc3)nc(C(Cl)(Cl)Cl)n2)CC1. The van der Waals surface area contributed by atoms with Crippen LogP contribution in [-0.2, 0) is 3.79 Å². The lowest BCUT2D eigenvalue weighted by Gasteiger charge is -2.33. The number of halogens is 3. The van der Waals surface area contributed by atoms with Crippen molar-refractivity contribution in [1.29, 1.82) is 0 Å². The van der Waals surface area contributed by atoms with Crippen LogP contribution >= 0.6 is 34.8 Å². The van der Waals surface area contributed by atoms with Gasteiger partial charge in [-0.2, -0.15) is 9.97 Å². The highest BCUT2D eigenvalue weighted by Crippen LogP contribution is 2.37. The molecule has 0 unspecified atom stereocenters. The molecular weight excluding hydrogens is 405 g/mol. The van der Waals surface area contributed by atoms with E-state index in [0.717, 1.165) is 38.0 Å². The molecule has 0 bridgehead atoms. The van der Waals surface area contributed by atoms with Gasteiger partial charge in [-0.1, -0.05) is 79.0 Å². The minimum absolute atomic E-state index is 0.126. The molecule has 1 aliphatic rings. The maximum Gasteiger partial charge on any atom is 0.250 e. The molecule has 0 amide bonds. The van der Waals surface area contributed by atoms with Gasteiger partial charge < -0.3 is 10.2 Å². The number of likely N-dealkylation sites (tertiary alicyclic amines) is 1. The molecule has 1 aromatic heterocycles. The molecule has 27 heavy (non-hydrogen) atoms. The topological polar surface area (TPSA) is 53.9 Å². The average Bonchev–Trinajstić information content (AvgIpc) is 2.63. The molecule has 5 nitrogen and oxygen atoms in total. The van der Waals surface area contributed by atoms with Crippen molar-refractivity contribution in [2.75, 3.05) is 25.0 Å². The molecule has 0 radical (unpaired) electrons. The molecule has 0 aliphatic carbocycles. The molecular formula is C19H24Cl3N5. The van der Waals surface area contributed by atoms with E-state index >= 15 is 0 Å². The number of hydrogen-bond donors (Lipinski definition) is 1. The standard InChI is InChI=1S/C19H24Cl3N5/c1-13(2)12-27-10-8-15(9-11-27)23-18-25-16(14-6-4-3-5-7-14)24-17(26-18)19(20,21)22/h3-7,13,15H,8-12H2,1-2H3,(H,23,24,25,26). The smallest absolute Gasteiger partial charge is 0.250 e. The first-order valence-corrected chi connectivity index (χ1v) is 10.3. The van der Waals surface area contributed by atoms with Gasteiger partial charge in [-0.3, -0.25) is 0 Å². The maximum absolute atomic E-state index is 6.04. The highest BCUT2D eigenvalue weighted by Gasteiger charge is 2.29. The number of aromatic nitrogens is 3. The first kappa shape index (κ1) is 20.6. The number of benzene rings is 1. The van der Waals surface area contributed by atoms with Crippen molar-refractivity contribution in [3.63, 3.8) is 0 Å². The monoisotopic (exact) mass is 427 g/mol. The van der Waals surface area contributed by atoms with Crippen molar-refractivity contribution in [2.45, 2.75) is 36.5 Å². The minimum Gasteiger partial charge on any atom is -0.351 e. The van der Waals surface area contributed by atoms with Crippen LogP contribution in [0.2, 0.25) is 0 Å². The van der Waals surface area contributed by atoms with Gasteiger partial charge in [0.2, 0.25) is 9.74 Å². The van der Waals surface area contributed by atoms with E-state index in [1.54, 1.807) is 0 Å². The Morgan fingerprint density at radius 1 is 1.07 bits per heavy atom. The van der Waals surface area contributed by atoms with Gasteiger partial charge >= 0.3 is 0 Å². The highest BCUT2D eigenvalue weighted by molar-refractivity contribution is 6.66. The van der Waals surface area contributed by atoms with Crippen molar-refractivity contribution < 1.29 is 0 Å². The summed E-state index contributed by atoms with van der Waals surface area (Å²) < 4.78 is -1.70. The number of rotatable bonds is 5. The van der Waals surface area contributed by atoms with E-state index in [-0.39, 0.29) is 5.82 Å². The summed E-state index contributed by atoms with van der Waals surface area (Å²) in [5, 5.41) is 3.41. The Kier molecular flexibility index (Phi) is 6.79. The number of hydrogen-bond acceptors (Lipinski definition) is 5. The molecule has 0 spiro atoms. The normalized spacial score (nSPS) is 16.7. The van der Waals surface area contributed by atoms with Crippen molar-refractivity contribution in [3.8, 4) is 11.4 Å². The van der Waals surface area contributed by atoms with E-state index in [2.05, 4.69) is 39.0 Å². The van der Waals surface area contributed by atoms with Gasteiger partial charge in [-0.25, -0.2) is 4.98 Å². The molecule has 2 aromatic rings. The Hall–Kier alpha value is -1.14. The molecule has 1 saturated heterocycles. The van der Waals surface area contributed by atoms with E-state index in [4.69, 9.17) is 34.8 Å². The molecule has 3 rings (SSSR count). The van der Waals surface area contributed by atoms with Crippen molar-refractivity contribution >= 4 is 40.8 Å². The Balaban J connectivity index is 1.77. The number of anilines is 1. The van der Waals surface area contributed by atoms with Crippen LogP contribution in [0.4, 0.5) is 5.95 Å². The summed E-state index contributed by atoms with van der Waals surface area (Å²) in [7, 11) is 0. The van der Waals surface area contributed by atoms with Crippen molar-refractivity contribution in [3.05, 3.63) is 36.2 Å². The van der Waals surface area contributed by atoms with E-state index in [9.17, 15) is 0 Å². The Bertz CT molecular complexity index is 741. The van der Waals surface area contributed by atoms with Crippen molar-refractivity contribution in [1.82, 2.24) is 19.9 Å². The van der Waals surface area contributed by atoms with E-state index in [1.807, 2.05) is 30.3 Å². The third kappa shape index (κ3) is 5.92. The predicted molar refractivity (Wildman–Crippen MR) is 112 cm³/mol. The second kappa shape index (κ2) is 8.91. The number of piperidine rings is 1. The fourth-order valence-corrected chi connectivity index (χ4v) is 3.50. The summed E-state index contributed by atoms with van der Waals surface area (Å²) in [6.07, 6.45) is 2.06. The van der Waals surface area contributed by atoms with Gasteiger partial charge in [0.1, 0.15) is 0 Å². The van der Waals surface area contributed by atoms with E-state index in [0.29, 0.717) is 23.7 Å². The first-order chi connectivity index (χ1) is 12.8. The third-order valence-corrected chi connectivity index (χ3v) is 4.97. The van der Waals surface area contributed by atoms with E-state index < -0.39 is 3.79 Å². The Morgan fingerprint density at radius 3 is 2.33 bits per heavy atom. The van der Waals surface area contributed by atoms with Crippen molar-refractivity contribution in [2.24, 2.45) is 5.92 Å². The summed E-state index contributed by atoms with van der Waals surface area (Å²) in [6.45, 7) is 7.75. The fraction of sp³-hybridized carbons (Fsp3) is 0.526. The first-order valence-electron chi connectivity index (χ1n) is 9.19. The molecule has 146 valence electrons. The van der Waals surface area contributed by atoms with E-state index in [1.165, 1.54) is 0 Å². The molecule has 8 heteroatoms. The van der Waals surface area contributed by atoms with Gasteiger partial charge in [0.05, 0.1) is 0 Å². The lowest BCUT2D eigenvalue weighted by Crippen LogP contribution is -2.41. The van der Waals surface area contributed by atoms with Gasteiger partial charge in [0.25, 0.3) is 0 Å². The van der Waals surface area contributed by atoms with Crippen LogP contribution in [0.15, 0.2) is 30.3 Å². The van der Waals surface area contributed by atoms with Crippen LogP contribution < -0.4 is 5.32 Å². The molecule has 0 atom stereocenters. The molecule has 1 fully saturated rings. The molecule has 2 heterocycles. The zero-order valence-corrected chi connectivity index (χ0v) is 17.8. The zero-order chi connectivity index (χ0) is 19.4. The van der Waals surface area contributed by atoms with Gasteiger partial charge in [-0.15, -0.1) is 0 Å². The number of nitrogens with zero attached hydrogens (tertiary/aromatic N) is 4. The summed E-state index contributed by atoms with van der Waals surface area (Å²) in [6, 6.07) is 9.92. The predicted octanol–water partition coefficient (Wildman–Crippen LogP) is 4.90. The maximum atomic E-state index is 6.04. The summed E-state index contributed by atoms with van der Waals surface area (Å²) in [5.74, 6) is 1.75. The second-order valence-electron chi connectivity index (χ2n) is 7.28. The van der Waals surface area contributed by atoms with Crippen LogP contribution in [0.25, 0.3) is 11.4 Å². The minimum atomic E-state index is -1.70. The lowest BCUT2D eigenvalue weighted by molar-refractivity contribution is 0.197. The third-order valence-electron chi connectivity index (χ3n) is 4.47. The van der Waals surface area contributed by atoms with Crippen LogP contribution in [0.3, 0.4) is 0 Å². The Labute approximate surface area is 175 Å². The van der Waals surface area contributed by atoms with Crippen LogP contribution in [0.1, 0.15) is 32.5 Å². The summed E-state index contributed by atoms with van der Waals surface area (Å²) >= 11 is 18.1. The van der Waals surface area contributed by atoms with Gasteiger partial charge in [0, 0.05) is 31.2 Å². The number of alkyl halides is 3. The lowest BCUT2D eigenvalue weighted by atomic mass is 10.0. The largest absolute Gasteiger partial charge is 0.351 e. The van der Waals surface area contributed by atoms with Gasteiger partial charge in [-0.05, 0) is 18.8 Å². The molecule has 1 aromatic carbocycles. The zero-order valence-electron chi connectivity index (χ0n) is 15.5. The molecule has 1 aliphatic heterocycles. The highest BCUT2D eigenvalue weighted by atomic mass is 35.6.